The van der Waals surface area contributed by atoms with Gasteiger partial charge >= 0.3 is 0 Å². The first-order chi connectivity index (χ1) is 8.54. The summed E-state index contributed by atoms with van der Waals surface area (Å²) in [5, 5.41) is 0. The molecule has 0 aromatic heterocycles. The van der Waals surface area contributed by atoms with Crippen molar-refractivity contribution in [1.29, 1.82) is 0 Å². The largest absolute Gasteiger partial charge is 0.330 e. The Balaban J connectivity index is 1.90. The van der Waals surface area contributed by atoms with Crippen LogP contribution in [0, 0.1) is 5.92 Å². The average molecular weight is 275 g/mol. The van der Waals surface area contributed by atoms with Crippen LogP contribution in [-0.4, -0.2) is 50.7 Å². The maximum atomic E-state index is 11.8. The van der Waals surface area contributed by atoms with Crippen LogP contribution in [0.25, 0.3) is 0 Å². The normalized spacial score (nSPS) is 32.6. The van der Waals surface area contributed by atoms with Gasteiger partial charge in [0.15, 0.2) is 0 Å². The highest BCUT2D eigenvalue weighted by Crippen LogP contribution is 2.22. The third kappa shape index (κ3) is 3.06. The molecule has 2 aliphatic rings. The van der Waals surface area contributed by atoms with Crippen molar-refractivity contribution in [3.63, 3.8) is 0 Å². The highest BCUT2D eigenvalue weighted by atomic mass is 32.2. The average Bonchev–Trinajstić information content (AvgIpc) is 2.39. The molecule has 18 heavy (non-hydrogen) atoms. The Labute approximate surface area is 111 Å². The fraction of sp³-hybridized carbons (Fsp3) is 1.00. The molecule has 1 aliphatic carbocycles. The summed E-state index contributed by atoms with van der Waals surface area (Å²) in [6.45, 7) is 7.52. The van der Waals surface area contributed by atoms with E-state index in [-0.39, 0.29) is 5.75 Å². The summed E-state index contributed by atoms with van der Waals surface area (Å²) in [6.07, 6.45) is 5.42. The molecule has 1 saturated carbocycles. The zero-order valence-electron chi connectivity index (χ0n) is 11.7. The number of sulfonamides is 1. The summed E-state index contributed by atoms with van der Waals surface area (Å²) < 4.78 is 25.3. The molecule has 2 atom stereocenters. The summed E-state index contributed by atoms with van der Waals surface area (Å²) in [7, 11) is -2.97. The van der Waals surface area contributed by atoms with E-state index < -0.39 is 10.0 Å². The van der Waals surface area contributed by atoms with Gasteiger partial charge in [-0.3, -0.25) is 0 Å². The minimum Gasteiger partial charge on any atom is -0.330 e. The topological polar surface area (TPSA) is 41.8 Å². The highest BCUT2D eigenvalue weighted by molar-refractivity contribution is 7.89. The van der Waals surface area contributed by atoms with E-state index in [1.54, 1.807) is 16.1 Å². The van der Waals surface area contributed by atoms with Crippen LogP contribution in [0.3, 0.4) is 0 Å². The lowest BCUT2D eigenvalue weighted by molar-refractivity contribution is -0.933. The van der Waals surface area contributed by atoms with E-state index in [2.05, 4.69) is 6.92 Å². The van der Waals surface area contributed by atoms with Gasteiger partial charge in [0.2, 0.25) is 10.0 Å². The Morgan fingerprint density at radius 1 is 1.17 bits per heavy atom. The van der Waals surface area contributed by atoms with Gasteiger partial charge in [0, 0.05) is 5.92 Å². The maximum absolute atomic E-state index is 11.8. The van der Waals surface area contributed by atoms with E-state index in [0.717, 1.165) is 25.0 Å². The molecular weight excluding hydrogens is 248 g/mol. The maximum Gasteiger partial charge on any atom is 0.214 e. The molecule has 0 aromatic carbocycles. The van der Waals surface area contributed by atoms with Crippen LogP contribution in [0.2, 0.25) is 0 Å². The molecule has 1 aliphatic heterocycles. The number of hydrogen-bond donors (Lipinski definition) is 1. The standard InChI is InChI=1S/C13H26N2O2S/c1-3-18(16,17)15-10-8-14(9-11-15)13-7-5-4-6-12(13)2/h12-13H,3-11H2,1-2H3/p+1/t12-,13+/m1/s1. The summed E-state index contributed by atoms with van der Waals surface area (Å²) >= 11 is 0. The first-order valence-corrected chi connectivity index (χ1v) is 8.98. The second-order valence-corrected chi connectivity index (χ2v) is 8.08. The van der Waals surface area contributed by atoms with Crippen LogP contribution in [0.1, 0.15) is 39.5 Å². The SMILES string of the molecule is CCS(=O)(=O)N1CC[NH+]([C@H]2CCCC[C@H]2C)CC1. The van der Waals surface area contributed by atoms with Crippen molar-refractivity contribution in [2.24, 2.45) is 5.92 Å². The second-order valence-electron chi connectivity index (χ2n) is 5.83. The van der Waals surface area contributed by atoms with Crippen molar-refractivity contribution in [1.82, 2.24) is 4.31 Å². The van der Waals surface area contributed by atoms with Crippen LogP contribution < -0.4 is 4.90 Å². The Hall–Kier alpha value is -0.130. The van der Waals surface area contributed by atoms with Gasteiger partial charge < -0.3 is 4.90 Å². The van der Waals surface area contributed by atoms with Gasteiger partial charge in [-0.2, -0.15) is 4.31 Å². The van der Waals surface area contributed by atoms with E-state index in [9.17, 15) is 8.42 Å². The predicted octanol–water partition coefficient (Wildman–Crippen LogP) is 0.115. The number of quaternary nitrogens is 1. The molecular formula is C13H27N2O2S+. The number of rotatable bonds is 3. The quantitative estimate of drug-likeness (QED) is 0.795. The van der Waals surface area contributed by atoms with Crippen molar-refractivity contribution in [2.75, 3.05) is 31.9 Å². The number of nitrogens with zero attached hydrogens (tertiary/aromatic N) is 1. The van der Waals surface area contributed by atoms with Crippen LogP contribution in [0.5, 0.6) is 0 Å². The molecule has 0 unspecified atom stereocenters. The first kappa shape index (κ1) is 14.3. The summed E-state index contributed by atoms with van der Waals surface area (Å²) in [5.41, 5.74) is 0. The van der Waals surface area contributed by atoms with Crippen LogP contribution >= 0.6 is 0 Å². The molecule has 1 heterocycles. The van der Waals surface area contributed by atoms with E-state index in [4.69, 9.17) is 0 Å². The molecule has 1 N–H and O–H groups in total. The fourth-order valence-electron chi connectivity index (χ4n) is 3.53. The van der Waals surface area contributed by atoms with Crippen LogP contribution in [0.15, 0.2) is 0 Å². The molecule has 106 valence electrons. The number of nitrogens with one attached hydrogen (secondary N) is 1. The molecule has 0 bridgehead atoms. The van der Waals surface area contributed by atoms with Gasteiger partial charge in [0.25, 0.3) is 0 Å². The minimum absolute atomic E-state index is 0.238. The van der Waals surface area contributed by atoms with Gasteiger partial charge in [-0.1, -0.05) is 13.3 Å². The molecule has 0 amide bonds. The molecule has 2 fully saturated rings. The summed E-state index contributed by atoms with van der Waals surface area (Å²) in [5.74, 6) is 1.05. The smallest absolute Gasteiger partial charge is 0.214 e. The highest BCUT2D eigenvalue weighted by Gasteiger charge is 2.35. The van der Waals surface area contributed by atoms with E-state index >= 15 is 0 Å². The fourth-order valence-corrected chi connectivity index (χ4v) is 4.63. The minimum atomic E-state index is -2.97. The monoisotopic (exact) mass is 275 g/mol. The Bertz CT molecular complexity index is 361. The van der Waals surface area contributed by atoms with Crippen molar-refractivity contribution in [2.45, 2.75) is 45.6 Å². The third-order valence-corrected chi connectivity index (χ3v) is 6.64. The van der Waals surface area contributed by atoms with Crippen LogP contribution in [-0.2, 0) is 10.0 Å². The molecule has 0 spiro atoms. The van der Waals surface area contributed by atoms with Gasteiger partial charge in [0.05, 0.1) is 38.0 Å². The van der Waals surface area contributed by atoms with E-state index in [0.29, 0.717) is 13.1 Å². The molecule has 0 radical (unpaired) electrons. The zero-order valence-corrected chi connectivity index (χ0v) is 12.5. The number of piperazine rings is 1. The second kappa shape index (κ2) is 5.88. The molecule has 5 heteroatoms. The summed E-state index contributed by atoms with van der Waals surface area (Å²) in [4.78, 5) is 1.64. The Kier molecular flexibility index (Phi) is 4.67. The van der Waals surface area contributed by atoms with Crippen molar-refractivity contribution < 1.29 is 13.3 Å². The molecule has 2 rings (SSSR count). The van der Waals surface area contributed by atoms with Crippen molar-refractivity contribution in [3.8, 4) is 0 Å². The molecule has 1 saturated heterocycles. The molecule has 0 aromatic rings. The van der Waals surface area contributed by atoms with Gasteiger partial charge in [-0.05, 0) is 26.2 Å². The Morgan fingerprint density at radius 3 is 2.33 bits per heavy atom. The van der Waals surface area contributed by atoms with Crippen LogP contribution in [0.4, 0.5) is 0 Å². The predicted molar refractivity (Wildman–Crippen MR) is 73.2 cm³/mol. The van der Waals surface area contributed by atoms with Gasteiger partial charge in [0.1, 0.15) is 0 Å². The van der Waals surface area contributed by atoms with E-state index in [1.165, 1.54) is 25.7 Å². The van der Waals surface area contributed by atoms with Crippen molar-refractivity contribution in [3.05, 3.63) is 0 Å². The zero-order chi connectivity index (χ0) is 13.2. The lowest BCUT2D eigenvalue weighted by Gasteiger charge is -2.40. The van der Waals surface area contributed by atoms with Gasteiger partial charge in [-0.15, -0.1) is 0 Å². The lowest BCUT2D eigenvalue weighted by Crippen LogP contribution is -3.19. The Morgan fingerprint density at radius 2 is 1.78 bits per heavy atom. The molecule has 4 nitrogen and oxygen atoms in total. The van der Waals surface area contributed by atoms with E-state index in [1.807, 2.05) is 0 Å². The summed E-state index contributed by atoms with van der Waals surface area (Å²) in [6, 6.07) is 0.769. The lowest BCUT2D eigenvalue weighted by atomic mass is 9.84. The third-order valence-electron chi connectivity index (χ3n) is 4.76. The van der Waals surface area contributed by atoms with Crippen molar-refractivity contribution >= 4 is 10.0 Å². The number of hydrogen-bond acceptors (Lipinski definition) is 2. The first-order valence-electron chi connectivity index (χ1n) is 7.37. The van der Waals surface area contributed by atoms with Gasteiger partial charge in [-0.25, -0.2) is 8.42 Å².